The predicted molar refractivity (Wildman–Crippen MR) is 83.3 cm³/mol. The van der Waals surface area contributed by atoms with Gasteiger partial charge in [-0.05, 0) is 52.4 Å². The molecule has 0 saturated heterocycles. The van der Waals surface area contributed by atoms with Gasteiger partial charge in [0, 0.05) is 24.3 Å². The number of anilines is 1. The molecule has 0 aliphatic rings. The highest BCUT2D eigenvalue weighted by atomic mass is 16.6. The Kier molecular flexibility index (Phi) is 6.63. The molecule has 6 heteroatoms. The van der Waals surface area contributed by atoms with Gasteiger partial charge in [0.1, 0.15) is 11.6 Å². The Balaban J connectivity index is 2.43. The molecule has 0 saturated carbocycles. The number of nitrogens with zero attached hydrogens (tertiary/aromatic N) is 3. The van der Waals surface area contributed by atoms with E-state index in [1.807, 2.05) is 6.07 Å². The first-order chi connectivity index (χ1) is 9.95. The Hall–Kier alpha value is -2.13. The molecule has 0 spiro atoms. The SMILES string of the molecule is CC(C)N(C)CCCCNc1ccc([N+](=O)[O-])c(C#N)c1. The van der Waals surface area contributed by atoms with Gasteiger partial charge in [0.05, 0.1) is 4.92 Å². The molecule has 21 heavy (non-hydrogen) atoms. The van der Waals surface area contributed by atoms with Crippen LogP contribution >= 0.6 is 0 Å². The molecule has 1 aromatic rings. The van der Waals surface area contributed by atoms with Gasteiger partial charge in [0.2, 0.25) is 0 Å². The number of unbranched alkanes of at least 4 members (excludes halogenated alkanes) is 1. The van der Waals surface area contributed by atoms with Crippen molar-refractivity contribution in [3.63, 3.8) is 0 Å². The van der Waals surface area contributed by atoms with E-state index >= 15 is 0 Å². The molecule has 0 aliphatic heterocycles. The number of nitriles is 1. The summed E-state index contributed by atoms with van der Waals surface area (Å²) in [5.74, 6) is 0. The van der Waals surface area contributed by atoms with Gasteiger partial charge in [0.25, 0.3) is 5.69 Å². The van der Waals surface area contributed by atoms with Crippen LogP contribution in [0.15, 0.2) is 18.2 Å². The molecule has 0 atom stereocenters. The van der Waals surface area contributed by atoms with Gasteiger partial charge in [-0.3, -0.25) is 10.1 Å². The molecule has 0 amide bonds. The highest BCUT2D eigenvalue weighted by Gasteiger charge is 2.13. The molecule has 114 valence electrons. The van der Waals surface area contributed by atoms with Crippen molar-refractivity contribution < 1.29 is 4.92 Å². The first-order valence-electron chi connectivity index (χ1n) is 7.08. The van der Waals surface area contributed by atoms with Crippen LogP contribution in [0.2, 0.25) is 0 Å². The molecule has 6 nitrogen and oxygen atoms in total. The van der Waals surface area contributed by atoms with Crippen LogP contribution in [0.25, 0.3) is 0 Å². The van der Waals surface area contributed by atoms with Crippen molar-refractivity contribution in [2.24, 2.45) is 0 Å². The van der Waals surface area contributed by atoms with Crippen LogP contribution in [0.4, 0.5) is 11.4 Å². The highest BCUT2D eigenvalue weighted by molar-refractivity contribution is 5.58. The maximum Gasteiger partial charge on any atom is 0.287 e. The number of hydrogen-bond acceptors (Lipinski definition) is 5. The van der Waals surface area contributed by atoms with E-state index in [1.165, 1.54) is 12.1 Å². The lowest BCUT2D eigenvalue weighted by Gasteiger charge is -2.20. The van der Waals surface area contributed by atoms with E-state index in [2.05, 4.69) is 31.1 Å². The summed E-state index contributed by atoms with van der Waals surface area (Å²) in [6.07, 6.45) is 2.09. The van der Waals surface area contributed by atoms with Crippen LogP contribution < -0.4 is 5.32 Å². The summed E-state index contributed by atoms with van der Waals surface area (Å²) in [5.41, 5.74) is 0.681. The number of rotatable bonds is 8. The highest BCUT2D eigenvalue weighted by Crippen LogP contribution is 2.21. The second-order valence-electron chi connectivity index (χ2n) is 5.31. The second kappa shape index (κ2) is 8.22. The smallest absolute Gasteiger partial charge is 0.287 e. The summed E-state index contributed by atoms with van der Waals surface area (Å²) >= 11 is 0. The van der Waals surface area contributed by atoms with Crippen molar-refractivity contribution >= 4 is 11.4 Å². The van der Waals surface area contributed by atoms with E-state index in [0.29, 0.717) is 6.04 Å². The number of nitrogens with one attached hydrogen (secondary N) is 1. The number of nitro groups is 1. The molecule has 0 fully saturated rings. The molecule has 0 unspecified atom stereocenters. The molecular weight excluding hydrogens is 268 g/mol. The van der Waals surface area contributed by atoms with E-state index in [-0.39, 0.29) is 11.3 Å². The van der Waals surface area contributed by atoms with Crippen molar-refractivity contribution in [3.05, 3.63) is 33.9 Å². The second-order valence-corrected chi connectivity index (χ2v) is 5.31. The normalized spacial score (nSPS) is 10.7. The lowest BCUT2D eigenvalue weighted by molar-refractivity contribution is -0.385. The molecule has 1 aromatic carbocycles. The molecule has 0 aromatic heterocycles. The maximum atomic E-state index is 10.7. The first kappa shape index (κ1) is 16.9. The van der Waals surface area contributed by atoms with Gasteiger partial charge in [0.15, 0.2) is 0 Å². The van der Waals surface area contributed by atoms with Gasteiger partial charge in [-0.15, -0.1) is 0 Å². The largest absolute Gasteiger partial charge is 0.385 e. The summed E-state index contributed by atoms with van der Waals surface area (Å²) in [7, 11) is 2.10. The van der Waals surface area contributed by atoms with Crippen molar-refractivity contribution in [3.8, 4) is 6.07 Å². The van der Waals surface area contributed by atoms with Crippen LogP contribution in [0.3, 0.4) is 0 Å². The quantitative estimate of drug-likeness (QED) is 0.452. The molecule has 0 bridgehead atoms. The fourth-order valence-electron chi connectivity index (χ4n) is 1.87. The fourth-order valence-corrected chi connectivity index (χ4v) is 1.87. The van der Waals surface area contributed by atoms with Crippen LogP contribution in [0.1, 0.15) is 32.3 Å². The third kappa shape index (κ3) is 5.40. The average molecular weight is 290 g/mol. The van der Waals surface area contributed by atoms with E-state index < -0.39 is 4.92 Å². The maximum absolute atomic E-state index is 10.7. The standard InChI is InChI=1S/C15H22N4O2/c1-12(2)18(3)9-5-4-8-17-14-6-7-15(19(20)21)13(10-14)11-16/h6-7,10,12,17H,4-5,8-9H2,1-3H3. The topological polar surface area (TPSA) is 82.2 Å². The zero-order valence-electron chi connectivity index (χ0n) is 12.8. The minimum atomic E-state index is -0.538. The molecule has 0 radical (unpaired) electrons. The van der Waals surface area contributed by atoms with Gasteiger partial charge < -0.3 is 10.2 Å². The van der Waals surface area contributed by atoms with Crippen molar-refractivity contribution in [2.75, 3.05) is 25.5 Å². The van der Waals surface area contributed by atoms with Gasteiger partial charge >= 0.3 is 0 Å². The molecule has 0 heterocycles. The van der Waals surface area contributed by atoms with Crippen molar-refractivity contribution in [1.29, 1.82) is 5.26 Å². The summed E-state index contributed by atoms with van der Waals surface area (Å²) in [4.78, 5) is 12.5. The zero-order chi connectivity index (χ0) is 15.8. The Bertz CT molecular complexity index is 523. The monoisotopic (exact) mass is 290 g/mol. The van der Waals surface area contributed by atoms with Crippen molar-refractivity contribution in [2.45, 2.75) is 32.7 Å². The Labute approximate surface area is 125 Å². The predicted octanol–water partition coefficient (Wildman–Crippen LogP) is 3.00. The van der Waals surface area contributed by atoms with Crippen LogP contribution in [0.5, 0.6) is 0 Å². The van der Waals surface area contributed by atoms with E-state index in [1.54, 1.807) is 6.07 Å². The third-order valence-corrected chi connectivity index (χ3v) is 3.46. The Morgan fingerprint density at radius 2 is 2.14 bits per heavy atom. The van der Waals surface area contributed by atoms with Gasteiger partial charge in [-0.2, -0.15) is 5.26 Å². The first-order valence-corrected chi connectivity index (χ1v) is 7.08. The number of nitro benzene ring substituents is 1. The molecule has 0 aliphatic carbocycles. The molecule has 1 N–H and O–H groups in total. The van der Waals surface area contributed by atoms with E-state index in [9.17, 15) is 10.1 Å². The molecule has 1 rings (SSSR count). The molecular formula is C15H22N4O2. The zero-order valence-corrected chi connectivity index (χ0v) is 12.8. The van der Waals surface area contributed by atoms with Crippen LogP contribution in [0, 0.1) is 21.4 Å². The van der Waals surface area contributed by atoms with Gasteiger partial charge in [-0.1, -0.05) is 0 Å². The summed E-state index contributed by atoms with van der Waals surface area (Å²) in [6.45, 7) is 6.16. The summed E-state index contributed by atoms with van der Waals surface area (Å²) in [6, 6.07) is 6.94. The average Bonchev–Trinajstić information content (AvgIpc) is 2.45. The lowest BCUT2D eigenvalue weighted by Crippen LogP contribution is -2.27. The minimum Gasteiger partial charge on any atom is -0.385 e. The van der Waals surface area contributed by atoms with Crippen LogP contribution in [-0.4, -0.2) is 36.0 Å². The van der Waals surface area contributed by atoms with Crippen molar-refractivity contribution in [1.82, 2.24) is 4.90 Å². The summed E-state index contributed by atoms with van der Waals surface area (Å²) in [5, 5.41) is 22.9. The Morgan fingerprint density at radius 1 is 1.43 bits per heavy atom. The minimum absolute atomic E-state index is 0.0875. The fraction of sp³-hybridized carbons (Fsp3) is 0.533. The number of hydrogen-bond donors (Lipinski definition) is 1. The van der Waals surface area contributed by atoms with Crippen LogP contribution in [-0.2, 0) is 0 Å². The lowest BCUT2D eigenvalue weighted by atomic mass is 10.1. The third-order valence-electron chi connectivity index (χ3n) is 3.46. The van der Waals surface area contributed by atoms with Gasteiger partial charge in [-0.25, -0.2) is 0 Å². The van der Waals surface area contributed by atoms with E-state index in [0.717, 1.165) is 31.6 Å². The summed E-state index contributed by atoms with van der Waals surface area (Å²) < 4.78 is 0. The van der Waals surface area contributed by atoms with E-state index in [4.69, 9.17) is 5.26 Å². The Morgan fingerprint density at radius 3 is 2.71 bits per heavy atom. The number of benzene rings is 1.